The van der Waals surface area contributed by atoms with Crippen LogP contribution in [-0.4, -0.2) is 6.04 Å². The molecule has 0 radical (unpaired) electrons. The van der Waals surface area contributed by atoms with Crippen LogP contribution in [0.5, 0.6) is 0 Å². The molecule has 0 fully saturated rings. The topological polar surface area (TPSA) is 12.0 Å². The van der Waals surface area contributed by atoms with Gasteiger partial charge >= 0.3 is 0 Å². The summed E-state index contributed by atoms with van der Waals surface area (Å²) in [6.07, 6.45) is 3.79. The number of rotatable bonds is 6. The maximum atomic E-state index is 3.70. The Hall–Kier alpha value is -0.820. The molecule has 1 nitrogen and oxygen atoms in total. The Labute approximate surface area is 107 Å². The van der Waals surface area contributed by atoms with Crippen molar-refractivity contribution in [3.05, 3.63) is 34.9 Å². The Balaban J connectivity index is 2.90. The van der Waals surface area contributed by atoms with Crippen LogP contribution in [0.15, 0.2) is 18.2 Å². The van der Waals surface area contributed by atoms with Gasteiger partial charge in [0.25, 0.3) is 0 Å². The predicted octanol–water partition coefficient (Wildman–Crippen LogP) is 4.53. The summed E-state index contributed by atoms with van der Waals surface area (Å²) in [4.78, 5) is 0. The van der Waals surface area contributed by atoms with Gasteiger partial charge in [0.15, 0.2) is 0 Å². The van der Waals surface area contributed by atoms with Gasteiger partial charge in [-0.25, -0.2) is 0 Å². The van der Waals surface area contributed by atoms with Crippen LogP contribution in [0.1, 0.15) is 62.8 Å². The lowest BCUT2D eigenvalue weighted by molar-refractivity contribution is 0.438. The minimum absolute atomic E-state index is 0.509. The van der Waals surface area contributed by atoms with Crippen LogP contribution in [0.3, 0.4) is 0 Å². The molecule has 0 aromatic heterocycles. The van der Waals surface area contributed by atoms with E-state index in [1.54, 1.807) is 0 Å². The van der Waals surface area contributed by atoms with E-state index in [9.17, 15) is 0 Å². The second-order valence-corrected chi connectivity index (χ2v) is 5.38. The monoisotopic (exact) mass is 233 g/mol. The molecule has 0 saturated heterocycles. The van der Waals surface area contributed by atoms with Gasteiger partial charge in [-0.05, 0) is 31.4 Å². The van der Waals surface area contributed by atoms with Gasteiger partial charge in [0.2, 0.25) is 0 Å². The van der Waals surface area contributed by atoms with E-state index >= 15 is 0 Å². The van der Waals surface area contributed by atoms with Crippen molar-refractivity contribution < 1.29 is 0 Å². The summed E-state index contributed by atoms with van der Waals surface area (Å²) in [6, 6.07) is 7.83. The normalized spacial score (nSPS) is 13.1. The van der Waals surface area contributed by atoms with Crippen molar-refractivity contribution in [1.29, 1.82) is 0 Å². The van der Waals surface area contributed by atoms with Gasteiger partial charge < -0.3 is 5.32 Å². The highest BCUT2D eigenvalue weighted by molar-refractivity contribution is 5.33. The first-order valence-corrected chi connectivity index (χ1v) is 6.87. The average Bonchev–Trinajstić information content (AvgIpc) is 2.27. The van der Waals surface area contributed by atoms with E-state index in [0.717, 1.165) is 0 Å². The van der Waals surface area contributed by atoms with E-state index in [1.165, 1.54) is 36.0 Å². The first-order chi connectivity index (χ1) is 8.04. The molecule has 0 amide bonds. The fraction of sp³-hybridized carbons (Fsp3) is 0.625. The minimum atomic E-state index is 0.509. The summed E-state index contributed by atoms with van der Waals surface area (Å²) in [6.45, 7) is 11.1. The van der Waals surface area contributed by atoms with Gasteiger partial charge in [0.05, 0.1) is 0 Å². The zero-order valence-corrected chi connectivity index (χ0v) is 12.0. The second kappa shape index (κ2) is 6.80. The van der Waals surface area contributed by atoms with Crippen molar-refractivity contribution in [2.45, 2.75) is 66.0 Å². The number of aryl methyl sites for hydroxylation is 2. The summed E-state index contributed by atoms with van der Waals surface area (Å²) < 4.78 is 0. The third-order valence-electron chi connectivity index (χ3n) is 3.19. The SMILES string of the molecule is CCCCC(NC(C)C)c1cc(C)ccc1C. The number of unbranched alkanes of at least 4 members (excludes halogenated alkanes) is 1. The smallest absolute Gasteiger partial charge is 0.0325 e. The zero-order chi connectivity index (χ0) is 12.8. The molecular formula is C16H27N. The molecule has 17 heavy (non-hydrogen) atoms. The zero-order valence-electron chi connectivity index (χ0n) is 12.0. The molecule has 0 spiro atoms. The molecule has 96 valence electrons. The van der Waals surface area contributed by atoms with Gasteiger partial charge in [0.1, 0.15) is 0 Å². The molecule has 0 aliphatic rings. The van der Waals surface area contributed by atoms with Crippen molar-refractivity contribution in [3.8, 4) is 0 Å². The Morgan fingerprint density at radius 1 is 1.18 bits per heavy atom. The third kappa shape index (κ3) is 4.51. The fourth-order valence-corrected chi connectivity index (χ4v) is 2.27. The summed E-state index contributed by atoms with van der Waals surface area (Å²) in [7, 11) is 0. The molecule has 1 unspecified atom stereocenters. The van der Waals surface area contributed by atoms with E-state index in [-0.39, 0.29) is 0 Å². The molecule has 1 rings (SSSR count). The van der Waals surface area contributed by atoms with E-state index in [4.69, 9.17) is 0 Å². The largest absolute Gasteiger partial charge is 0.308 e. The lowest BCUT2D eigenvalue weighted by Gasteiger charge is -2.23. The van der Waals surface area contributed by atoms with Crippen LogP contribution < -0.4 is 5.32 Å². The fourth-order valence-electron chi connectivity index (χ4n) is 2.27. The van der Waals surface area contributed by atoms with E-state index < -0.39 is 0 Å². The van der Waals surface area contributed by atoms with Crippen LogP contribution in [-0.2, 0) is 0 Å². The lowest BCUT2D eigenvalue weighted by atomic mass is 9.95. The Morgan fingerprint density at radius 3 is 2.47 bits per heavy atom. The Bertz CT molecular complexity index is 341. The Kier molecular flexibility index (Phi) is 5.70. The molecule has 0 aliphatic carbocycles. The number of nitrogens with one attached hydrogen (secondary N) is 1. The quantitative estimate of drug-likeness (QED) is 0.761. The maximum Gasteiger partial charge on any atom is 0.0325 e. The van der Waals surface area contributed by atoms with Gasteiger partial charge in [-0.15, -0.1) is 0 Å². The number of benzene rings is 1. The van der Waals surface area contributed by atoms with Crippen molar-refractivity contribution in [2.24, 2.45) is 0 Å². The highest BCUT2D eigenvalue weighted by Gasteiger charge is 2.14. The van der Waals surface area contributed by atoms with E-state index in [0.29, 0.717) is 12.1 Å². The molecule has 0 aliphatic heterocycles. The molecule has 1 aromatic rings. The predicted molar refractivity (Wildman–Crippen MR) is 76.5 cm³/mol. The molecule has 1 aromatic carbocycles. The van der Waals surface area contributed by atoms with Gasteiger partial charge in [-0.2, -0.15) is 0 Å². The van der Waals surface area contributed by atoms with Crippen molar-refractivity contribution in [3.63, 3.8) is 0 Å². The summed E-state index contributed by atoms with van der Waals surface area (Å²) >= 11 is 0. The molecule has 0 saturated carbocycles. The van der Waals surface area contributed by atoms with Crippen LogP contribution >= 0.6 is 0 Å². The second-order valence-electron chi connectivity index (χ2n) is 5.38. The maximum absolute atomic E-state index is 3.70. The molecule has 1 atom stereocenters. The first-order valence-electron chi connectivity index (χ1n) is 6.87. The van der Waals surface area contributed by atoms with Crippen molar-refractivity contribution in [1.82, 2.24) is 5.32 Å². The molecule has 0 heterocycles. The molecule has 1 N–H and O–H groups in total. The molecule has 0 bridgehead atoms. The number of hydrogen-bond acceptors (Lipinski definition) is 1. The third-order valence-corrected chi connectivity index (χ3v) is 3.19. The highest BCUT2D eigenvalue weighted by Crippen LogP contribution is 2.24. The van der Waals surface area contributed by atoms with Crippen LogP contribution in [0.2, 0.25) is 0 Å². The van der Waals surface area contributed by atoms with E-state index in [1.807, 2.05) is 0 Å². The summed E-state index contributed by atoms with van der Waals surface area (Å²) in [5.41, 5.74) is 4.25. The van der Waals surface area contributed by atoms with Crippen LogP contribution in [0, 0.1) is 13.8 Å². The molecular weight excluding hydrogens is 206 g/mol. The van der Waals surface area contributed by atoms with Gasteiger partial charge in [-0.1, -0.05) is 57.4 Å². The Morgan fingerprint density at radius 2 is 1.88 bits per heavy atom. The number of hydrogen-bond donors (Lipinski definition) is 1. The standard InChI is InChI=1S/C16H27N/c1-6-7-8-16(17-12(2)3)15-11-13(4)9-10-14(15)5/h9-12,16-17H,6-8H2,1-5H3. The van der Waals surface area contributed by atoms with Crippen molar-refractivity contribution >= 4 is 0 Å². The first kappa shape index (κ1) is 14.2. The van der Waals surface area contributed by atoms with Crippen molar-refractivity contribution in [2.75, 3.05) is 0 Å². The summed E-state index contributed by atoms with van der Waals surface area (Å²) in [5.74, 6) is 0. The van der Waals surface area contributed by atoms with Gasteiger partial charge in [-0.3, -0.25) is 0 Å². The van der Waals surface area contributed by atoms with Crippen LogP contribution in [0.25, 0.3) is 0 Å². The molecule has 1 heteroatoms. The summed E-state index contributed by atoms with van der Waals surface area (Å²) in [5, 5.41) is 3.70. The lowest BCUT2D eigenvalue weighted by Crippen LogP contribution is -2.28. The highest BCUT2D eigenvalue weighted by atomic mass is 14.9. The minimum Gasteiger partial charge on any atom is -0.308 e. The average molecular weight is 233 g/mol. The van der Waals surface area contributed by atoms with Crippen LogP contribution in [0.4, 0.5) is 0 Å². The van der Waals surface area contributed by atoms with Gasteiger partial charge in [0, 0.05) is 12.1 Å². The van der Waals surface area contributed by atoms with E-state index in [2.05, 4.69) is 58.1 Å².